The van der Waals surface area contributed by atoms with Crippen LogP contribution in [0.1, 0.15) is 37.7 Å². The van der Waals surface area contributed by atoms with Gasteiger partial charge >= 0.3 is 0 Å². The summed E-state index contributed by atoms with van der Waals surface area (Å²) in [6.07, 6.45) is 10.2. The van der Waals surface area contributed by atoms with Crippen LogP contribution in [0, 0.1) is 11.8 Å². The van der Waals surface area contributed by atoms with Gasteiger partial charge in [0.2, 0.25) is 24.5 Å². The van der Waals surface area contributed by atoms with E-state index in [0.29, 0.717) is 17.2 Å². The van der Waals surface area contributed by atoms with Crippen LogP contribution in [0.5, 0.6) is 11.5 Å². The van der Waals surface area contributed by atoms with E-state index in [9.17, 15) is 14.4 Å². The van der Waals surface area contributed by atoms with Crippen LogP contribution in [0.15, 0.2) is 59.5 Å². The van der Waals surface area contributed by atoms with Gasteiger partial charge in [-0.3, -0.25) is 14.4 Å². The number of thioether (sulfide) groups is 1. The summed E-state index contributed by atoms with van der Waals surface area (Å²) in [5.74, 6) is -1.07. The van der Waals surface area contributed by atoms with Crippen molar-refractivity contribution in [2.24, 2.45) is 11.8 Å². The number of anilines is 1. The lowest BCUT2D eigenvalue weighted by molar-refractivity contribution is -0.142. The maximum absolute atomic E-state index is 14.3. The van der Waals surface area contributed by atoms with Gasteiger partial charge in [-0.2, -0.15) is 0 Å². The summed E-state index contributed by atoms with van der Waals surface area (Å²) in [6, 6.07) is 12.3. The van der Waals surface area contributed by atoms with E-state index in [1.807, 2.05) is 60.9 Å². The summed E-state index contributed by atoms with van der Waals surface area (Å²) in [4.78, 5) is 44.7. The Morgan fingerprint density at radius 1 is 1.05 bits per heavy atom. The fraction of sp³-hybridized carbons (Fsp3) is 0.452. The zero-order chi connectivity index (χ0) is 28.1. The minimum Gasteiger partial charge on any atom is -0.454 e. The van der Waals surface area contributed by atoms with E-state index in [1.165, 1.54) is 6.42 Å². The molecule has 9 nitrogen and oxygen atoms in total. The molecule has 5 atom stereocenters. The molecule has 1 spiro atoms. The molecule has 1 saturated carbocycles. The van der Waals surface area contributed by atoms with Crippen molar-refractivity contribution >= 4 is 35.2 Å². The molecule has 2 bridgehead atoms. The maximum atomic E-state index is 14.3. The van der Waals surface area contributed by atoms with Crippen LogP contribution < -0.4 is 20.1 Å². The van der Waals surface area contributed by atoms with Gasteiger partial charge in [-0.05, 0) is 55.0 Å². The van der Waals surface area contributed by atoms with Crippen LogP contribution in [0.25, 0.3) is 0 Å². The Balaban J connectivity index is 1.21. The molecular weight excluding hydrogens is 542 g/mol. The normalized spacial score (nSPS) is 29.6. The van der Waals surface area contributed by atoms with Crippen LogP contribution in [0.4, 0.5) is 5.69 Å². The SMILES string of the molecule is CSc1cccc(NC(=O)C2C3C=CC4(O3)C2C(=O)N(Cc2ccc3c(c2)OCO3)C4C(=O)NC2CCCCC2)c1. The molecule has 5 unspecified atom stereocenters. The zero-order valence-corrected chi connectivity index (χ0v) is 23.7. The molecule has 214 valence electrons. The quantitative estimate of drug-likeness (QED) is 0.381. The second-order valence-electron chi connectivity index (χ2n) is 11.4. The first-order valence-electron chi connectivity index (χ1n) is 14.3. The molecule has 4 aliphatic heterocycles. The molecule has 4 heterocycles. The third-order valence-corrected chi connectivity index (χ3v) is 9.73. The number of rotatable bonds is 7. The van der Waals surface area contributed by atoms with E-state index in [1.54, 1.807) is 16.7 Å². The predicted octanol–water partition coefficient (Wildman–Crippen LogP) is 3.88. The minimum absolute atomic E-state index is 0.0691. The standard InChI is InChI=1S/C31H33N3O6S/c1-41-21-9-5-8-20(15-21)33-28(35)25-23-12-13-31(40-23)26(25)30(37)34(16-18-10-11-22-24(14-18)39-17-38-22)27(31)29(36)32-19-6-3-2-4-7-19/h5,8-15,19,23,25-27H,2-4,6-7,16-17H2,1H3,(H,32,36)(H,33,35). The summed E-state index contributed by atoms with van der Waals surface area (Å²) >= 11 is 1.59. The highest BCUT2D eigenvalue weighted by molar-refractivity contribution is 7.98. The molecule has 2 N–H and O–H groups in total. The van der Waals surface area contributed by atoms with E-state index in [4.69, 9.17) is 14.2 Å². The Morgan fingerprint density at radius 3 is 2.71 bits per heavy atom. The molecule has 2 saturated heterocycles. The smallest absolute Gasteiger partial charge is 0.246 e. The van der Waals surface area contributed by atoms with Crippen molar-refractivity contribution in [1.82, 2.24) is 10.2 Å². The lowest BCUT2D eigenvalue weighted by Crippen LogP contribution is -2.56. The first-order chi connectivity index (χ1) is 20.0. The van der Waals surface area contributed by atoms with Crippen molar-refractivity contribution in [3.63, 3.8) is 0 Å². The fourth-order valence-corrected chi connectivity index (χ4v) is 7.59. The third kappa shape index (κ3) is 4.48. The Bertz CT molecular complexity index is 1420. The predicted molar refractivity (Wildman–Crippen MR) is 152 cm³/mol. The number of fused-ring (bicyclic) bond motifs is 2. The number of hydrogen-bond acceptors (Lipinski definition) is 7. The Morgan fingerprint density at radius 2 is 1.88 bits per heavy atom. The number of ether oxygens (including phenoxy) is 3. The number of likely N-dealkylation sites (tertiary alicyclic amines) is 1. The van der Waals surface area contributed by atoms with Crippen molar-refractivity contribution in [2.45, 2.75) is 67.3 Å². The van der Waals surface area contributed by atoms with Gasteiger partial charge < -0.3 is 29.7 Å². The van der Waals surface area contributed by atoms with Crippen LogP contribution in [0.3, 0.4) is 0 Å². The Labute approximate surface area is 243 Å². The lowest BCUT2D eigenvalue weighted by Gasteiger charge is -2.34. The highest BCUT2D eigenvalue weighted by Gasteiger charge is 2.72. The molecule has 10 heteroatoms. The molecule has 3 amide bonds. The molecule has 0 aromatic heterocycles. The van der Waals surface area contributed by atoms with Gasteiger partial charge in [0.1, 0.15) is 11.6 Å². The van der Waals surface area contributed by atoms with Gasteiger partial charge in [0, 0.05) is 23.2 Å². The van der Waals surface area contributed by atoms with Gasteiger partial charge in [-0.15, -0.1) is 11.8 Å². The maximum Gasteiger partial charge on any atom is 0.246 e. The van der Waals surface area contributed by atoms with E-state index in [0.717, 1.165) is 36.1 Å². The molecular formula is C31H33N3O6S. The summed E-state index contributed by atoms with van der Waals surface area (Å²) in [6.45, 7) is 0.332. The van der Waals surface area contributed by atoms with Crippen molar-refractivity contribution in [1.29, 1.82) is 0 Å². The van der Waals surface area contributed by atoms with Crippen molar-refractivity contribution in [3.8, 4) is 11.5 Å². The molecule has 1 aliphatic carbocycles. The molecule has 5 aliphatic rings. The molecule has 0 radical (unpaired) electrons. The number of nitrogens with one attached hydrogen (secondary N) is 2. The summed E-state index contributed by atoms with van der Waals surface area (Å²) in [5.41, 5.74) is 0.264. The molecule has 2 aromatic carbocycles. The number of benzene rings is 2. The van der Waals surface area contributed by atoms with E-state index in [2.05, 4.69) is 10.6 Å². The minimum atomic E-state index is -1.21. The van der Waals surface area contributed by atoms with Gasteiger partial charge in [-0.1, -0.05) is 43.5 Å². The van der Waals surface area contributed by atoms with Crippen molar-refractivity contribution in [2.75, 3.05) is 18.4 Å². The molecule has 41 heavy (non-hydrogen) atoms. The monoisotopic (exact) mass is 575 g/mol. The largest absolute Gasteiger partial charge is 0.454 e. The van der Waals surface area contributed by atoms with Gasteiger partial charge in [0.25, 0.3) is 0 Å². The molecule has 3 fully saturated rings. The average Bonchev–Trinajstić information content (AvgIpc) is 3.74. The second-order valence-corrected chi connectivity index (χ2v) is 12.3. The molecule has 2 aromatic rings. The number of amides is 3. The average molecular weight is 576 g/mol. The summed E-state index contributed by atoms with van der Waals surface area (Å²) in [7, 11) is 0. The lowest BCUT2D eigenvalue weighted by atomic mass is 9.74. The van der Waals surface area contributed by atoms with Gasteiger partial charge in [0.15, 0.2) is 11.5 Å². The number of hydrogen-bond donors (Lipinski definition) is 2. The van der Waals surface area contributed by atoms with E-state index < -0.39 is 29.6 Å². The number of carbonyl (C=O) groups excluding carboxylic acids is 3. The first kappa shape index (κ1) is 26.4. The first-order valence-corrected chi connectivity index (χ1v) is 15.5. The summed E-state index contributed by atoms with van der Waals surface area (Å²) in [5, 5.41) is 6.24. The third-order valence-electron chi connectivity index (χ3n) is 9.00. The van der Waals surface area contributed by atoms with E-state index >= 15 is 0 Å². The second kappa shape index (κ2) is 10.4. The van der Waals surface area contributed by atoms with Gasteiger partial charge in [-0.25, -0.2) is 0 Å². The van der Waals surface area contributed by atoms with Crippen LogP contribution >= 0.6 is 11.8 Å². The van der Waals surface area contributed by atoms with Gasteiger partial charge in [0.05, 0.1) is 17.9 Å². The van der Waals surface area contributed by atoms with E-state index in [-0.39, 0.29) is 37.1 Å². The van der Waals surface area contributed by atoms with Crippen LogP contribution in [-0.2, 0) is 25.7 Å². The Hall–Kier alpha value is -3.50. The topological polar surface area (TPSA) is 106 Å². The fourth-order valence-electron chi connectivity index (χ4n) is 7.13. The van der Waals surface area contributed by atoms with Crippen molar-refractivity contribution in [3.05, 3.63) is 60.2 Å². The molecule has 7 rings (SSSR count). The number of nitrogens with zero attached hydrogens (tertiary/aromatic N) is 1. The van der Waals surface area contributed by atoms with Crippen LogP contribution in [-0.4, -0.2) is 59.5 Å². The summed E-state index contributed by atoms with van der Waals surface area (Å²) < 4.78 is 17.5. The zero-order valence-electron chi connectivity index (χ0n) is 22.8. The van der Waals surface area contributed by atoms with Crippen molar-refractivity contribution < 1.29 is 28.6 Å². The highest BCUT2D eigenvalue weighted by atomic mass is 32.2. The Kier molecular flexibility index (Phi) is 6.70. The highest BCUT2D eigenvalue weighted by Crippen LogP contribution is 2.55. The number of carbonyl (C=O) groups is 3. The van der Waals surface area contributed by atoms with Crippen LogP contribution in [0.2, 0.25) is 0 Å².